The van der Waals surface area contributed by atoms with Gasteiger partial charge in [-0.2, -0.15) is 0 Å². The molecule has 0 radical (unpaired) electrons. The van der Waals surface area contributed by atoms with E-state index in [1.807, 2.05) is 17.0 Å². The van der Waals surface area contributed by atoms with Gasteiger partial charge in [-0.1, -0.05) is 26.0 Å². The van der Waals surface area contributed by atoms with Gasteiger partial charge < -0.3 is 10.0 Å². The quantitative estimate of drug-likeness (QED) is 0.923. The molecule has 0 saturated carbocycles. The van der Waals surface area contributed by atoms with Crippen molar-refractivity contribution in [1.82, 2.24) is 9.80 Å². The van der Waals surface area contributed by atoms with Crippen LogP contribution in [0, 0.1) is 17.8 Å². The van der Waals surface area contributed by atoms with Gasteiger partial charge in [0.25, 0.3) is 5.91 Å². The lowest BCUT2D eigenvalue weighted by atomic mass is 9.97. The summed E-state index contributed by atoms with van der Waals surface area (Å²) in [4.78, 5) is 17.0. The van der Waals surface area contributed by atoms with Crippen LogP contribution in [0.1, 0.15) is 42.6 Å². The molecule has 4 nitrogen and oxygen atoms in total. The van der Waals surface area contributed by atoms with Crippen molar-refractivity contribution in [3.05, 3.63) is 35.4 Å². The molecule has 24 heavy (non-hydrogen) atoms. The standard InChI is InChI=1S/C20H30N2O2/c1-15-11-22(12-16(15)2)20(24)19-5-3-17(4-6-19)13-21-9-7-18(14-23)8-10-21/h3-6,15-16,18,23H,7-14H2,1-2H3. The van der Waals surface area contributed by atoms with Gasteiger partial charge in [-0.15, -0.1) is 0 Å². The fourth-order valence-corrected chi connectivity index (χ4v) is 3.82. The topological polar surface area (TPSA) is 43.8 Å². The molecule has 1 aromatic rings. The predicted octanol–water partition coefficient (Wildman–Crippen LogP) is 2.62. The van der Waals surface area contributed by atoms with Gasteiger partial charge in [-0.3, -0.25) is 9.69 Å². The number of rotatable bonds is 4. The molecule has 3 rings (SSSR count). The van der Waals surface area contributed by atoms with Crippen molar-refractivity contribution in [1.29, 1.82) is 0 Å². The zero-order valence-corrected chi connectivity index (χ0v) is 14.9. The van der Waals surface area contributed by atoms with E-state index in [9.17, 15) is 9.90 Å². The summed E-state index contributed by atoms with van der Waals surface area (Å²) >= 11 is 0. The van der Waals surface area contributed by atoms with E-state index >= 15 is 0 Å². The van der Waals surface area contributed by atoms with Gasteiger partial charge in [0.2, 0.25) is 0 Å². The molecule has 0 spiro atoms. The van der Waals surface area contributed by atoms with Crippen LogP contribution in [0.15, 0.2) is 24.3 Å². The smallest absolute Gasteiger partial charge is 0.253 e. The number of carbonyl (C=O) groups excluding carboxylic acids is 1. The molecule has 2 aliphatic rings. The summed E-state index contributed by atoms with van der Waals surface area (Å²) < 4.78 is 0. The lowest BCUT2D eigenvalue weighted by Crippen LogP contribution is -2.34. The minimum absolute atomic E-state index is 0.168. The molecule has 132 valence electrons. The lowest BCUT2D eigenvalue weighted by molar-refractivity contribution is 0.0785. The molecule has 2 unspecified atom stereocenters. The van der Waals surface area contributed by atoms with Crippen LogP contribution in [0.5, 0.6) is 0 Å². The summed E-state index contributed by atoms with van der Waals surface area (Å²) in [5.41, 5.74) is 2.07. The maximum Gasteiger partial charge on any atom is 0.253 e. The number of benzene rings is 1. The Kier molecular flexibility index (Phi) is 5.57. The number of aliphatic hydroxyl groups is 1. The fraction of sp³-hybridized carbons (Fsp3) is 0.650. The summed E-state index contributed by atoms with van der Waals surface area (Å²) in [5, 5.41) is 9.22. The number of nitrogens with zero attached hydrogens (tertiary/aromatic N) is 2. The molecular formula is C20H30N2O2. The minimum Gasteiger partial charge on any atom is -0.396 e. The Hall–Kier alpha value is -1.39. The maximum absolute atomic E-state index is 12.6. The van der Waals surface area contributed by atoms with Gasteiger partial charge in [-0.25, -0.2) is 0 Å². The first-order valence-electron chi connectivity index (χ1n) is 9.28. The highest BCUT2D eigenvalue weighted by Crippen LogP contribution is 2.24. The highest BCUT2D eigenvalue weighted by molar-refractivity contribution is 5.94. The molecule has 1 N–H and O–H groups in total. The Morgan fingerprint density at radius 3 is 2.21 bits per heavy atom. The van der Waals surface area contributed by atoms with Crippen LogP contribution in [0.2, 0.25) is 0 Å². The summed E-state index contributed by atoms with van der Waals surface area (Å²) in [6.45, 7) is 9.55. The lowest BCUT2D eigenvalue weighted by Gasteiger charge is -2.31. The predicted molar refractivity (Wildman–Crippen MR) is 95.8 cm³/mol. The molecule has 0 aliphatic carbocycles. The van der Waals surface area contributed by atoms with Gasteiger partial charge in [0, 0.05) is 31.8 Å². The van der Waals surface area contributed by atoms with Gasteiger partial charge >= 0.3 is 0 Å². The van der Waals surface area contributed by atoms with E-state index in [1.165, 1.54) is 5.56 Å². The van der Waals surface area contributed by atoms with Crippen LogP contribution < -0.4 is 0 Å². The monoisotopic (exact) mass is 330 g/mol. The third kappa shape index (κ3) is 3.98. The van der Waals surface area contributed by atoms with Crippen LogP contribution in [-0.2, 0) is 6.54 Å². The second-order valence-corrected chi connectivity index (χ2v) is 7.76. The Morgan fingerprint density at radius 1 is 1.08 bits per heavy atom. The van der Waals surface area contributed by atoms with E-state index < -0.39 is 0 Å². The molecule has 4 heteroatoms. The average Bonchev–Trinajstić information content (AvgIpc) is 2.95. The normalized spacial score (nSPS) is 26.0. The van der Waals surface area contributed by atoms with Crippen LogP contribution in [0.4, 0.5) is 0 Å². The Labute approximate surface area is 145 Å². The van der Waals surface area contributed by atoms with Crippen molar-refractivity contribution in [2.75, 3.05) is 32.8 Å². The molecule has 1 amide bonds. The number of hydrogen-bond acceptors (Lipinski definition) is 3. The molecule has 2 saturated heterocycles. The number of aliphatic hydroxyl groups excluding tert-OH is 1. The van der Waals surface area contributed by atoms with E-state index in [-0.39, 0.29) is 5.91 Å². The van der Waals surface area contributed by atoms with E-state index in [0.717, 1.165) is 51.1 Å². The van der Waals surface area contributed by atoms with Crippen LogP contribution >= 0.6 is 0 Å². The van der Waals surface area contributed by atoms with E-state index in [2.05, 4.69) is 30.9 Å². The maximum atomic E-state index is 12.6. The van der Waals surface area contributed by atoms with Crippen molar-refractivity contribution in [3.8, 4) is 0 Å². The van der Waals surface area contributed by atoms with Crippen molar-refractivity contribution in [2.45, 2.75) is 33.2 Å². The van der Waals surface area contributed by atoms with Crippen LogP contribution in [-0.4, -0.2) is 53.6 Å². The first kappa shape index (κ1) is 17.4. The van der Waals surface area contributed by atoms with E-state index in [1.54, 1.807) is 0 Å². The fourth-order valence-electron chi connectivity index (χ4n) is 3.82. The highest BCUT2D eigenvalue weighted by Gasteiger charge is 2.29. The minimum atomic E-state index is 0.168. The highest BCUT2D eigenvalue weighted by atomic mass is 16.3. The molecule has 2 heterocycles. The van der Waals surface area contributed by atoms with Crippen molar-refractivity contribution in [2.24, 2.45) is 17.8 Å². The summed E-state index contributed by atoms with van der Waals surface area (Å²) in [7, 11) is 0. The zero-order chi connectivity index (χ0) is 17.1. The summed E-state index contributed by atoms with van der Waals surface area (Å²) in [6.07, 6.45) is 2.16. The van der Waals surface area contributed by atoms with Crippen molar-refractivity contribution < 1.29 is 9.90 Å². The Morgan fingerprint density at radius 2 is 1.67 bits per heavy atom. The molecule has 2 atom stereocenters. The number of amides is 1. The van der Waals surface area contributed by atoms with Gasteiger partial charge in [0.1, 0.15) is 0 Å². The van der Waals surface area contributed by atoms with E-state index in [4.69, 9.17) is 0 Å². The third-order valence-corrected chi connectivity index (χ3v) is 5.85. The zero-order valence-electron chi connectivity index (χ0n) is 14.9. The first-order valence-corrected chi connectivity index (χ1v) is 9.28. The molecule has 2 aliphatic heterocycles. The molecule has 1 aromatic carbocycles. The molecule has 2 fully saturated rings. The number of hydrogen-bond donors (Lipinski definition) is 1. The second-order valence-electron chi connectivity index (χ2n) is 7.76. The van der Waals surface area contributed by atoms with Gasteiger partial charge in [0.15, 0.2) is 0 Å². The average molecular weight is 330 g/mol. The first-order chi connectivity index (χ1) is 11.6. The molecular weight excluding hydrogens is 300 g/mol. The molecule has 0 aromatic heterocycles. The van der Waals surface area contributed by atoms with Gasteiger partial charge in [0.05, 0.1) is 0 Å². The number of piperidine rings is 1. The number of likely N-dealkylation sites (tertiary alicyclic amines) is 2. The van der Waals surface area contributed by atoms with Crippen LogP contribution in [0.25, 0.3) is 0 Å². The summed E-state index contributed by atoms with van der Waals surface area (Å²) in [6, 6.07) is 8.14. The second kappa shape index (κ2) is 7.66. The summed E-state index contributed by atoms with van der Waals surface area (Å²) in [5.74, 6) is 1.83. The molecule has 0 bridgehead atoms. The van der Waals surface area contributed by atoms with E-state index in [0.29, 0.717) is 24.4 Å². The van der Waals surface area contributed by atoms with Crippen molar-refractivity contribution >= 4 is 5.91 Å². The van der Waals surface area contributed by atoms with Crippen LogP contribution in [0.3, 0.4) is 0 Å². The van der Waals surface area contributed by atoms with Gasteiger partial charge in [-0.05, 0) is 61.4 Å². The largest absolute Gasteiger partial charge is 0.396 e. The number of carbonyl (C=O) groups is 1. The SMILES string of the molecule is CC1CN(C(=O)c2ccc(CN3CCC(CO)CC3)cc2)CC1C. The Bertz CT molecular complexity index is 539. The third-order valence-electron chi connectivity index (χ3n) is 5.85. The van der Waals surface area contributed by atoms with Crippen molar-refractivity contribution in [3.63, 3.8) is 0 Å². The Balaban J connectivity index is 1.55.